The minimum Gasteiger partial charge on any atom is -0.361 e. The smallest absolute Gasteiger partial charge is 0.259 e. The topological polar surface area (TPSA) is 84.0 Å². The molecule has 0 aliphatic carbocycles. The second-order valence-electron chi connectivity index (χ2n) is 6.78. The summed E-state index contributed by atoms with van der Waals surface area (Å²) in [7, 11) is 0. The molecular weight excluding hydrogens is 346 g/mol. The molecule has 8 nitrogen and oxygen atoms in total. The standard InChI is InChI=1S/C19H21N5O3/c1-13-18(14(2)27-21-13)19(26)23-9-7-22(8-10-23)12-15-11-17(25)24-6-4-3-5-16(24)20-15/h3-6,11H,7-10,12H2,1-2H3. The van der Waals surface area contributed by atoms with Crippen molar-refractivity contribution in [3.63, 3.8) is 0 Å². The van der Waals surface area contributed by atoms with Crippen molar-refractivity contribution in [2.45, 2.75) is 20.4 Å². The maximum atomic E-state index is 12.7. The van der Waals surface area contributed by atoms with Crippen molar-refractivity contribution in [2.24, 2.45) is 0 Å². The van der Waals surface area contributed by atoms with E-state index in [2.05, 4.69) is 15.0 Å². The average Bonchev–Trinajstić information content (AvgIpc) is 3.00. The lowest BCUT2D eigenvalue weighted by molar-refractivity contribution is 0.0625. The second kappa shape index (κ2) is 6.96. The number of fused-ring (bicyclic) bond motifs is 1. The molecule has 4 heterocycles. The normalized spacial score (nSPS) is 15.4. The van der Waals surface area contributed by atoms with E-state index < -0.39 is 0 Å². The van der Waals surface area contributed by atoms with Crippen molar-refractivity contribution >= 4 is 11.6 Å². The zero-order valence-corrected chi connectivity index (χ0v) is 15.4. The van der Waals surface area contributed by atoms with Gasteiger partial charge in [0.05, 0.1) is 11.4 Å². The Morgan fingerprint density at radius 2 is 1.96 bits per heavy atom. The highest BCUT2D eigenvalue weighted by Gasteiger charge is 2.26. The third-order valence-corrected chi connectivity index (χ3v) is 4.92. The number of nitrogens with zero attached hydrogens (tertiary/aromatic N) is 5. The number of hydrogen-bond acceptors (Lipinski definition) is 6. The first kappa shape index (κ1) is 17.4. The van der Waals surface area contributed by atoms with Gasteiger partial charge in [-0.1, -0.05) is 11.2 Å². The van der Waals surface area contributed by atoms with E-state index in [-0.39, 0.29) is 11.5 Å². The minimum absolute atomic E-state index is 0.0343. The molecule has 0 unspecified atom stereocenters. The molecule has 1 saturated heterocycles. The van der Waals surface area contributed by atoms with E-state index in [1.807, 2.05) is 23.1 Å². The molecule has 0 saturated carbocycles. The Kier molecular flexibility index (Phi) is 4.49. The van der Waals surface area contributed by atoms with Crippen LogP contribution >= 0.6 is 0 Å². The number of amides is 1. The van der Waals surface area contributed by atoms with Gasteiger partial charge in [0.2, 0.25) is 0 Å². The lowest BCUT2D eigenvalue weighted by Crippen LogP contribution is -2.48. The summed E-state index contributed by atoms with van der Waals surface area (Å²) in [5, 5.41) is 3.86. The molecule has 0 spiro atoms. The molecular formula is C19H21N5O3. The highest BCUT2D eigenvalue weighted by atomic mass is 16.5. The van der Waals surface area contributed by atoms with E-state index in [4.69, 9.17) is 4.52 Å². The maximum Gasteiger partial charge on any atom is 0.259 e. The van der Waals surface area contributed by atoms with Crippen LogP contribution < -0.4 is 5.56 Å². The van der Waals surface area contributed by atoms with Gasteiger partial charge in [-0.2, -0.15) is 0 Å². The Morgan fingerprint density at radius 3 is 2.67 bits per heavy atom. The molecule has 3 aromatic rings. The number of carbonyl (C=O) groups is 1. The van der Waals surface area contributed by atoms with E-state index >= 15 is 0 Å². The summed E-state index contributed by atoms with van der Waals surface area (Å²) in [6.07, 6.45) is 1.72. The number of aryl methyl sites for hydroxylation is 2. The molecule has 140 valence electrons. The maximum absolute atomic E-state index is 12.7. The molecule has 4 rings (SSSR count). The SMILES string of the molecule is Cc1noc(C)c1C(=O)N1CCN(Cc2cc(=O)n3ccccc3n2)CC1. The zero-order chi connectivity index (χ0) is 19.0. The minimum atomic E-state index is -0.0807. The third kappa shape index (κ3) is 3.35. The number of pyridine rings is 1. The third-order valence-electron chi connectivity index (χ3n) is 4.92. The van der Waals surface area contributed by atoms with Gasteiger partial charge in [-0.3, -0.25) is 18.9 Å². The highest BCUT2D eigenvalue weighted by Crippen LogP contribution is 2.17. The predicted octanol–water partition coefficient (Wildman–Crippen LogP) is 1.26. The van der Waals surface area contributed by atoms with E-state index in [0.29, 0.717) is 42.3 Å². The van der Waals surface area contributed by atoms with E-state index in [1.165, 1.54) is 4.40 Å². The van der Waals surface area contributed by atoms with Crippen LogP contribution in [0.4, 0.5) is 0 Å². The lowest BCUT2D eigenvalue weighted by Gasteiger charge is -2.34. The van der Waals surface area contributed by atoms with Crippen LogP contribution in [0.1, 0.15) is 27.5 Å². The van der Waals surface area contributed by atoms with Gasteiger partial charge in [0.25, 0.3) is 11.5 Å². The Hall–Kier alpha value is -3.00. The molecule has 0 atom stereocenters. The lowest BCUT2D eigenvalue weighted by atomic mass is 10.1. The molecule has 1 aliphatic heterocycles. The molecule has 1 amide bonds. The molecule has 1 fully saturated rings. The molecule has 0 radical (unpaired) electrons. The summed E-state index contributed by atoms with van der Waals surface area (Å²) in [6, 6.07) is 7.08. The predicted molar refractivity (Wildman–Crippen MR) is 98.6 cm³/mol. The zero-order valence-electron chi connectivity index (χ0n) is 15.4. The first-order valence-corrected chi connectivity index (χ1v) is 8.95. The number of hydrogen-bond donors (Lipinski definition) is 0. The number of piperazine rings is 1. The molecule has 0 N–H and O–H groups in total. The fraction of sp³-hybridized carbons (Fsp3) is 0.368. The fourth-order valence-electron chi connectivity index (χ4n) is 3.47. The molecule has 0 aromatic carbocycles. The van der Waals surface area contributed by atoms with Crippen LogP contribution in [0.3, 0.4) is 0 Å². The van der Waals surface area contributed by atoms with Gasteiger partial charge in [-0.25, -0.2) is 4.98 Å². The first-order valence-electron chi connectivity index (χ1n) is 8.95. The average molecular weight is 367 g/mol. The number of aromatic nitrogens is 3. The summed E-state index contributed by atoms with van der Waals surface area (Å²) < 4.78 is 6.64. The van der Waals surface area contributed by atoms with Crippen molar-refractivity contribution in [3.8, 4) is 0 Å². The van der Waals surface area contributed by atoms with Crippen molar-refractivity contribution in [2.75, 3.05) is 26.2 Å². The molecule has 1 aliphatic rings. The van der Waals surface area contributed by atoms with Crippen molar-refractivity contribution in [3.05, 3.63) is 63.5 Å². The van der Waals surface area contributed by atoms with Crippen LogP contribution in [0.5, 0.6) is 0 Å². The monoisotopic (exact) mass is 367 g/mol. The molecule has 0 bridgehead atoms. The Bertz CT molecular complexity index is 1030. The van der Waals surface area contributed by atoms with Gasteiger partial charge in [0, 0.05) is 45.0 Å². The quantitative estimate of drug-likeness (QED) is 0.693. The van der Waals surface area contributed by atoms with Crippen molar-refractivity contribution < 1.29 is 9.32 Å². The number of carbonyl (C=O) groups excluding carboxylic acids is 1. The Balaban J connectivity index is 1.43. The Labute approximate surface area is 156 Å². The summed E-state index contributed by atoms with van der Waals surface area (Å²) in [5.41, 5.74) is 2.50. The van der Waals surface area contributed by atoms with Gasteiger partial charge in [-0.15, -0.1) is 0 Å². The summed E-state index contributed by atoms with van der Waals surface area (Å²) in [6.45, 7) is 6.83. The molecule has 27 heavy (non-hydrogen) atoms. The largest absolute Gasteiger partial charge is 0.361 e. The van der Waals surface area contributed by atoms with Gasteiger partial charge < -0.3 is 9.42 Å². The summed E-state index contributed by atoms with van der Waals surface area (Å²) in [4.78, 5) is 33.5. The van der Waals surface area contributed by atoms with Gasteiger partial charge in [0.1, 0.15) is 17.0 Å². The summed E-state index contributed by atoms with van der Waals surface area (Å²) >= 11 is 0. The van der Waals surface area contributed by atoms with Crippen LogP contribution in [0.25, 0.3) is 5.65 Å². The fourth-order valence-corrected chi connectivity index (χ4v) is 3.47. The van der Waals surface area contributed by atoms with E-state index in [1.54, 1.807) is 26.1 Å². The van der Waals surface area contributed by atoms with E-state index in [9.17, 15) is 9.59 Å². The summed E-state index contributed by atoms with van der Waals surface area (Å²) in [5.74, 6) is 0.522. The van der Waals surface area contributed by atoms with Crippen LogP contribution in [-0.4, -0.2) is 56.4 Å². The van der Waals surface area contributed by atoms with Crippen molar-refractivity contribution in [1.82, 2.24) is 24.3 Å². The highest BCUT2D eigenvalue weighted by molar-refractivity contribution is 5.96. The molecule has 8 heteroatoms. The van der Waals surface area contributed by atoms with Crippen LogP contribution in [0, 0.1) is 13.8 Å². The van der Waals surface area contributed by atoms with Gasteiger partial charge >= 0.3 is 0 Å². The first-order chi connectivity index (χ1) is 13.0. The van der Waals surface area contributed by atoms with Gasteiger partial charge in [-0.05, 0) is 26.0 Å². The van der Waals surface area contributed by atoms with Gasteiger partial charge in [0.15, 0.2) is 0 Å². The van der Waals surface area contributed by atoms with Crippen molar-refractivity contribution in [1.29, 1.82) is 0 Å². The van der Waals surface area contributed by atoms with Crippen LogP contribution in [0.15, 0.2) is 39.8 Å². The number of rotatable bonds is 3. The van der Waals surface area contributed by atoms with Crippen LogP contribution in [0.2, 0.25) is 0 Å². The van der Waals surface area contributed by atoms with Crippen LogP contribution in [-0.2, 0) is 6.54 Å². The van der Waals surface area contributed by atoms with E-state index in [0.717, 1.165) is 18.8 Å². The second-order valence-corrected chi connectivity index (χ2v) is 6.78. The molecule has 3 aromatic heterocycles. The Morgan fingerprint density at radius 1 is 1.19 bits per heavy atom.